The van der Waals surface area contributed by atoms with Crippen LogP contribution >= 0.6 is 0 Å². The van der Waals surface area contributed by atoms with Crippen molar-refractivity contribution >= 4 is 0 Å². The quantitative estimate of drug-likeness (QED) is 0.567. The average Bonchev–Trinajstić information content (AvgIpc) is 2.75. The minimum absolute atomic E-state index is 0.205. The molecule has 0 unspecified atom stereocenters. The molecule has 0 saturated heterocycles. The van der Waals surface area contributed by atoms with Crippen LogP contribution in [0.4, 0.5) is 4.39 Å². The number of quaternary nitrogens is 1. The molecule has 3 nitrogen and oxygen atoms in total. The van der Waals surface area contributed by atoms with Crippen molar-refractivity contribution in [2.24, 2.45) is 0 Å². The molecule has 0 aliphatic carbocycles. The van der Waals surface area contributed by atoms with Crippen molar-refractivity contribution in [2.45, 2.75) is 18.9 Å². The molecule has 0 aliphatic rings. The van der Waals surface area contributed by atoms with Crippen molar-refractivity contribution < 1.29 is 19.2 Å². The molecule has 0 amide bonds. The molecular weight excluding hydrogens is 353 g/mol. The number of benzene rings is 3. The van der Waals surface area contributed by atoms with Crippen molar-refractivity contribution in [1.29, 1.82) is 0 Å². The SMILES string of the molecule is COc1ccc(C[NH2+]CC[C@H](c2ccc(F)cc2)c2ccc(OC)cc2)cc1. The largest absolute Gasteiger partial charge is 0.497 e. The summed E-state index contributed by atoms with van der Waals surface area (Å²) in [5.74, 6) is 1.73. The molecule has 146 valence electrons. The Morgan fingerprint density at radius 1 is 0.750 bits per heavy atom. The Morgan fingerprint density at radius 3 is 1.79 bits per heavy atom. The molecule has 0 bridgehead atoms. The van der Waals surface area contributed by atoms with E-state index in [1.165, 1.54) is 23.3 Å². The van der Waals surface area contributed by atoms with E-state index in [1.807, 2.05) is 36.4 Å². The Kier molecular flexibility index (Phi) is 7.04. The van der Waals surface area contributed by atoms with Crippen LogP contribution in [0.3, 0.4) is 0 Å². The van der Waals surface area contributed by atoms with Gasteiger partial charge in [0, 0.05) is 17.9 Å². The fourth-order valence-electron chi connectivity index (χ4n) is 3.37. The Hall–Kier alpha value is -2.85. The van der Waals surface area contributed by atoms with Crippen molar-refractivity contribution in [2.75, 3.05) is 20.8 Å². The van der Waals surface area contributed by atoms with Crippen molar-refractivity contribution in [3.63, 3.8) is 0 Å². The minimum atomic E-state index is -0.205. The van der Waals surface area contributed by atoms with Crippen LogP contribution in [0, 0.1) is 5.82 Å². The highest BCUT2D eigenvalue weighted by Crippen LogP contribution is 2.29. The lowest BCUT2D eigenvalue weighted by atomic mass is 9.88. The summed E-state index contributed by atoms with van der Waals surface area (Å²) in [4.78, 5) is 0. The summed E-state index contributed by atoms with van der Waals surface area (Å²) < 4.78 is 23.8. The predicted octanol–water partition coefficient (Wildman–Crippen LogP) is 4.13. The first-order valence-corrected chi connectivity index (χ1v) is 9.53. The van der Waals surface area contributed by atoms with Gasteiger partial charge in [0.2, 0.25) is 0 Å². The fraction of sp³-hybridized carbons (Fsp3) is 0.250. The third-order valence-electron chi connectivity index (χ3n) is 4.99. The highest BCUT2D eigenvalue weighted by molar-refractivity contribution is 5.36. The summed E-state index contributed by atoms with van der Waals surface area (Å²) in [6.07, 6.45) is 0.966. The lowest BCUT2D eigenvalue weighted by Crippen LogP contribution is -2.82. The van der Waals surface area contributed by atoms with Crippen LogP contribution in [0.15, 0.2) is 72.8 Å². The summed E-state index contributed by atoms with van der Waals surface area (Å²) in [7, 11) is 3.34. The van der Waals surface area contributed by atoms with Gasteiger partial charge < -0.3 is 14.8 Å². The van der Waals surface area contributed by atoms with Crippen LogP contribution in [0.5, 0.6) is 11.5 Å². The van der Waals surface area contributed by atoms with E-state index in [1.54, 1.807) is 14.2 Å². The van der Waals surface area contributed by atoms with E-state index >= 15 is 0 Å². The molecule has 28 heavy (non-hydrogen) atoms. The Balaban J connectivity index is 1.65. The van der Waals surface area contributed by atoms with E-state index in [-0.39, 0.29) is 11.7 Å². The van der Waals surface area contributed by atoms with E-state index in [2.05, 4.69) is 29.6 Å². The topological polar surface area (TPSA) is 35.1 Å². The average molecular weight is 380 g/mol. The van der Waals surface area contributed by atoms with Crippen LogP contribution in [0.2, 0.25) is 0 Å². The third kappa shape index (κ3) is 5.33. The maximum Gasteiger partial charge on any atom is 0.123 e. The van der Waals surface area contributed by atoms with E-state index in [0.29, 0.717) is 0 Å². The summed E-state index contributed by atoms with van der Waals surface area (Å²) in [5, 5.41) is 2.31. The Morgan fingerprint density at radius 2 is 1.25 bits per heavy atom. The number of ether oxygens (including phenoxy) is 2. The standard InChI is InChI=1S/C24H26FNO2/c1-27-22-11-3-18(4-12-22)17-26-16-15-24(19-5-9-21(25)10-6-19)20-7-13-23(28-2)14-8-20/h3-14,24,26H,15-17H2,1-2H3/p+1/t24-/m1/s1. The van der Waals surface area contributed by atoms with Gasteiger partial charge in [0.15, 0.2) is 0 Å². The number of hydrogen-bond donors (Lipinski definition) is 1. The predicted molar refractivity (Wildman–Crippen MR) is 109 cm³/mol. The number of methoxy groups -OCH3 is 2. The molecule has 1 atom stereocenters. The fourth-order valence-corrected chi connectivity index (χ4v) is 3.37. The molecule has 0 fully saturated rings. The van der Waals surface area contributed by atoms with Crippen LogP contribution in [-0.2, 0) is 6.54 Å². The summed E-state index contributed by atoms with van der Waals surface area (Å²) in [6.45, 7) is 1.89. The molecule has 3 aromatic rings. The Labute approximate surface area is 166 Å². The Bertz CT molecular complexity index is 845. The maximum absolute atomic E-state index is 13.4. The minimum Gasteiger partial charge on any atom is -0.497 e. The second-order valence-corrected chi connectivity index (χ2v) is 6.80. The highest BCUT2D eigenvalue weighted by atomic mass is 19.1. The first kappa shape index (κ1) is 19.9. The summed E-state index contributed by atoms with van der Waals surface area (Å²) >= 11 is 0. The highest BCUT2D eigenvalue weighted by Gasteiger charge is 2.15. The third-order valence-corrected chi connectivity index (χ3v) is 4.99. The van der Waals surface area contributed by atoms with Crippen LogP contribution in [-0.4, -0.2) is 20.8 Å². The zero-order valence-corrected chi connectivity index (χ0v) is 16.4. The van der Waals surface area contributed by atoms with Gasteiger partial charge in [-0.05, 0) is 59.7 Å². The maximum atomic E-state index is 13.4. The van der Waals surface area contributed by atoms with E-state index < -0.39 is 0 Å². The number of halogens is 1. The van der Waals surface area contributed by atoms with Gasteiger partial charge in [-0.1, -0.05) is 24.3 Å². The lowest BCUT2D eigenvalue weighted by Gasteiger charge is -2.18. The molecule has 3 rings (SSSR count). The number of hydrogen-bond acceptors (Lipinski definition) is 2. The molecule has 0 saturated carbocycles. The van der Waals surface area contributed by atoms with Gasteiger partial charge in [-0.3, -0.25) is 0 Å². The van der Waals surface area contributed by atoms with E-state index in [4.69, 9.17) is 9.47 Å². The van der Waals surface area contributed by atoms with Gasteiger partial charge >= 0.3 is 0 Å². The molecule has 0 heterocycles. The smallest absolute Gasteiger partial charge is 0.123 e. The monoisotopic (exact) mass is 380 g/mol. The molecule has 0 aliphatic heterocycles. The zero-order valence-electron chi connectivity index (χ0n) is 16.4. The van der Waals surface area contributed by atoms with Gasteiger partial charge in [-0.15, -0.1) is 0 Å². The van der Waals surface area contributed by atoms with Crippen molar-refractivity contribution in [1.82, 2.24) is 0 Å². The molecule has 0 aromatic heterocycles. The molecule has 2 N–H and O–H groups in total. The van der Waals surface area contributed by atoms with Gasteiger partial charge in [0.25, 0.3) is 0 Å². The molecular formula is C24H27FNO2+. The first-order valence-electron chi connectivity index (χ1n) is 9.53. The molecule has 4 heteroatoms. The van der Waals surface area contributed by atoms with Gasteiger partial charge in [0.1, 0.15) is 23.9 Å². The number of rotatable bonds is 9. The van der Waals surface area contributed by atoms with Gasteiger partial charge in [0.05, 0.1) is 20.8 Å². The molecule has 0 radical (unpaired) electrons. The van der Waals surface area contributed by atoms with Crippen LogP contribution in [0.25, 0.3) is 0 Å². The van der Waals surface area contributed by atoms with Crippen molar-refractivity contribution in [3.05, 3.63) is 95.3 Å². The zero-order chi connectivity index (χ0) is 19.8. The molecule has 3 aromatic carbocycles. The lowest BCUT2D eigenvalue weighted by molar-refractivity contribution is -0.671. The van der Waals surface area contributed by atoms with Crippen LogP contribution in [0.1, 0.15) is 29.0 Å². The summed E-state index contributed by atoms with van der Waals surface area (Å²) in [6, 6.07) is 23.1. The normalized spacial score (nSPS) is 11.8. The second-order valence-electron chi connectivity index (χ2n) is 6.80. The molecule has 0 spiro atoms. The van der Waals surface area contributed by atoms with Gasteiger partial charge in [-0.25, -0.2) is 4.39 Å². The van der Waals surface area contributed by atoms with Gasteiger partial charge in [-0.2, -0.15) is 0 Å². The first-order chi connectivity index (χ1) is 13.7. The number of nitrogens with two attached hydrogens (primary N) is 1. The van der Waals surface area contributed by atoms with Crippen molar-refractivity contribution in [3.8, 4) is 11.5 Å². The van der Waals surface area contributed by atoms with Crippen LogP contribution < -0.4 is 14.8 Å². The second kappa shape index (κ2) is 9.90. The van der Waals surface area contributed by atoms with E-state index in [0.717, 1.165) is 36.6 Å². The summed E-state index contributed by atoms with van der Waals surface area (Å²) in [5.41, 5.74) is 3.61. The van der Waals surface area contributed by atoms with E-state index in [9.17, 15) is 4.39 Å².